The summed E-state index contributed by atoms with van der Waals surface area (Å²) in [6.45, 7) is 3.64. The van der Waals surface area contributed by atoms with Gasteiger partial charge in [0.25, 0.3) is 11.1 Å². The molecule has 10 heteroatoms. The zero-order valence-electron chi connectivity index (χ0n) is 14.4. The van der Waals surface area contributed by atoms with Crippen molar-refractivity contribution in [3.8, 4) is 11.6 Å². The molecule has 0 amide bonds. The zero-order chi connectivity index (χ0) is 19.7. The maximum atomic E-state index is 12.2. The third-order valence-corrected chi connectivity index (χ3v) is 3.85. The second-order valence-corrected chi connectivity index (χ2v) is 5.84. The molecule has 2 heterocycles. The maximum Gasteiger partial charge on any atom is 0.335 e. The van der Waals surface area contributed by atoms with Gasteiger partial charge in [-0.05, 0) is 25.5 Å². The molecule has 10 nitrogen and oxygen atoms in total. The smallest absolute Gasteiger partial charge is 0.335 e. The number of H-pyrrole nitrogens is 3. The van der Waals surface area contributed by atoms with Crippen LogP contribution in [-0.4, -0.2) is 30.8 Å². The van der Waals surface area contributed by atoms with Crippen molar-refractivity contribution in [1.29, 1.82) is 0 Å². The molecule has 27 heavy (non-hydrogen) atoms. The van der Waals surface area contributed by atoms with Crippen LogP contribution >= 0.6 is 0 Å². The number of hydrogen-bond acceptors (Lipinski definition) is 6. The highest BCUT2D eigenvalue weighted by molar-refractivity contribution is 5.84. The first kappa shape index (κ1) is 17.9. The van der Waals surface area contributed by atoms with Crippen molar-refractivity contribution < 1.29 is 5.11 Å². The summed E-state index contributed by atoms with van der Waals surface area (Å²) >= 11 is 0. The Balaban J connectivity index is 2.19. The molecule has 0 aliphatic rings. The fourth-order valence-corrected chi connectivity index (χ4v) is 2.57. The molecule has 1 aromatic carbocycles. The summed E-state index contributed by atoms with van der Waals surface area (Å²) in [6, 6.07) is 5.21. The Morgan fingerprint density at radius 3 is 2.48 bits per heavy atom. The van der Waals surface area contributed by atoms with Crippen LogP contribution in [0.2, 0.25) is 0 Å². The van der Waals surface area contributed by atoms with Gasteiger partial charge in [0, 0.05) is 12.4 Å². The molecule has 0 radical (unpaired) electrons. The van der Waals surface area contributed by atoms with E-state index in [9.17, 15) is 24.3 Å². The van der Waals surface area contributed by atoms with Gasteiger partial charge in [0.05, 0.1) is 5.69 Å². The van der Waals surface area contributed by atoms with E-state index in [1.807, 2.05) is 18.0 Å². The fraction of sp³-hybridized carbons (Fsp3) is 0.118. The number of benzene rings is 1. The molecule has 0 saturated heterocycles. The van der Waals surface area contributed by atoms with E-state index in [2.05, 4.69) is 15.0 Å². The summed E-state index contributed by atoms with van der Waals surface area (Å²) in [6.07, 6.45) is 2.00. The van der Waals surface area contributed by atoms with Crippen LogP contribution in [0.5, 0.6) is 5.88 Å². The van der Waals surface area contributed by atoms with Gasteiger partial charge < -0.3 is 10.1 Å². The van der Waals surface area contributed by atoms with Gasteiger partial charge in [-0.25, -0.2) is 19.1 Å². The molecule has 0 unspecified atom stereocenters. The van der Waals surface area contributed by atoms with Crippen molar-refractivity contribution in [1.82, 2.24) is 19.5 Å². The molecule has 0 spiro atoms. The lowest BCUT2D eigenvalue weighted by atomic mass is 10.1. The molecule has 4 N–H and O–H groups in total. The van der Waals surface area contributed by atoms with E-state index < -0.39 is 28.4 Å². The Morgan fingerprint density at radius 1 is 1.07 bits per heavy atom. The molecule has 0 aliphatic heterocycles. The van der Waals surface area contributed by atoms with Crippen molar-refractivity contribution in [2.45, 2.75) is 13.8 Å². The number of rotatable bonds is 3. The second kappa shape index (κ2) is 6.75. The van der Waals surface area contributed by atoms with E-state index >= 15 is 0 Å². The zero-order valence-corrected chi connectivity index (χ0v) is 14.4. The number of aromatic nitrogens is 4. The predicted octanol–water partition coefficient (Wildman–Crippen LogP) is -0.0246. The number of nitrogens with zero attached hydrogens (tertiary/aromatic N) is 2. The van der Waals surface area contributed by atoms with E-state index in [1.165, 1.54) is 0 Å². The molecule has 0 bridgehead atoms. The molecule has 0 atom stereocenters. The van der Waals surface area contributed by atoms with E-state index in [-0.39, 0.29) is 11.3 Å². The molecular weight excluding hydrogens is 354 g/mol. The van der Waals surface area contributed by atoms with Crippen molar-refractivity contribution in [2.24, 2.45) is 4.99 Å². The molecule has 3 aromatic rings. The van der Waals surface area contributed by atoms with Gasteiger partial charge in [-0.1, -0.05) is 17.7 Å². The van der Waals surface area contributed by atoms with E-state index in [1.54, 1.807) is 19.1 Å². The minimum atomic E-state index is -0.872. The average molecular weight is 369 g/mol. The maximum absolute atomic E-state index is 12.2. The summed E-state index contributed by atoms with van der Waals surface area (Å²) < 4.78 is 0.939. The normalized spacial score (nSPS) is 11.2. The summed E-state index contributed by atoms with van der Waals surface area (Å²) in [5, 5.41) is 10.5. The standard InChI is InChI=1S/C17H15N5O5/c1-8-3-4-12(9(2)5-8)22-15(25)10(13(23)21-17(22)27)6-18-11-7-19-16(26)20-14(11)24/h3-7,25H,1-2H3,(H,21,23,27)(H2,19,20,24,26). The number of aromatic hydroxyl groups is 1. The first-order valence-electron chi connectivity index (χ1n) is 7.80. The predicted molar refractivity (Wildman–Crippen MR) is 98.7 cm³/mol. The van der Waals surface area contributed by atoms with Crippen LogP contribution in [0.25, 0.3) is 5.69 Å². The van der Waals surface area contributed by atoms with E-state index in [0.29, 0.717) is 11.3 Å². The lowest BCUT2D eigenvalue weighted by Gasteiger charge is -2.12. The van der Waals surface area contributed by atoms with Crippen LogP contribution in [-0.2, 0) is 0 Å². The second-order valence-electron chi connectivity index (χ2n) is 5.84. The summed E-state index contributed by atoms with van der Waals surface area (Å²) in [7, 11) is 0. The van der Waals surface area contributed by atoms with Crippen LogP contribution in [0.15, 0.2) is 48.6 Å². The summed E-state index contributed by atoms with van der Waals surface area (Å²) in [4.78, 5) is 57.1. The third-order valence-electron chi connectivity index (χ3n) is 3.85. The average Bonchev–Trinajstić information content (AvgIpc) is 2.58. The van der Waals surface area contributed by atoms with E-state index in [4.69, 9.17) is 0 Å². The van der Waals surface area contributed by atoms with E-state index in [0.717, 1.165) is 22.5 Å². The van der Waals surface area contributed by atoms with Gasteiger partial charge in [0.1, 0.15) is 11.3 Å². The number of aliphatic imine (C=N–C) groups is 1. The summed E-state index contributed by atoms with van der Waals surface area (Å²) in [5.41, 5.74) is -1.61. The molecule has 0 aliphatic carbocycles. The molecular formula is C17H15N5O5. The van der Waals surface area contributed by atoms with Crippen LogP contribution < -0.4 is 22.5 Å². The van der Waals surface area contributed by atoms with Gasteiger partial charge >= 0.3 is 11.4 Å². The third kappa shape index (κ3) is 3.40. The number of aryl methyl sites for hydroxylation is 2. The van der Waals surface area contributed by atoms with Crippen LogP contribution in [0, 0.1) is 13.8 Å². The largest absolute Gasteiger partial charge is 0.493 e. The molecule has 0 fully saturated rings. The number of aromatic amines is 3. The van der Waals surface area contributed by atoms with Crippen LogP contribution in [0.4, 0.5) is 5.69 Å². The summed E-state index contributed by atoms with van der Waals surface area (Å²) in [5.74, 6) is -0.625. The Hall–Kier alpha value is -3.95. The lowest BCUT2D eigenvalue weighted by Crippen LogP contribution is -2.31. The van der Waals surface area contributed by atoms with Crippen molar-refractivity contribution >= 4 is 11.9 Å². The van der Waals surface area contributed by atoms with Crippen molar-refractivity contribution in [3.63, 3.8) is 0 Å². The SMILES string of the molecule is Cc1ccc(-n2c(O)c(C=Nc3c[nH]c(=O)[nH]c3=O)c(=O)[nH]c2=O)c(C)c1. The Labute approximate surface area is 150 Å². The van der Waals surface area contributed by atoms with Gasteiger partial charge in [0.2, 0.25) is 5.88 Å². The first-order chi connectivity index (χ1) is 12.8. The highest BCUT2D eigenvalue weighted by atomic mass is 16.3. The molecule has 3 rings (SSSR count). The highest BCUT2D eigenvalue weighted by Crippen LogP contribution is 2.20. The van der Waals surface area contributed by atoms with Gasteiger partial charge in [-0.3, -0.25) is 19.6 Å². The van der Waals surface area contributed by atoms with Crippen LogP contribution in [0.3, 0.4) is 0 Å². The minimum Gasteiger partial charge on any atom is -0.493 e. The topological polar surface area (TPSA) is 153 Å². The van der Waals surface area contributed by atoms with Crippen molar-refractivity contribution in [3.05, 3.63) is 82.8 Å². The Morgan fingerprint density at radius 2 is 1.81 bits per heavy atom. The van der Waals surface area contributed by atoms with Gasteiger partial charge in [-0.2, -0.15) is 0 Å². The highest BCUT2D eigenvalue weighted by Gasteiger charge is 2.15. The quantitative estimate of drug-likeness (QED) is 0.478. The monoisotopic (exact) mass is 369 g/mol. The minimum absolute atomic E-state index is 0.183. The first-order valence-corrected chi connectivity index (χ1v) is 7.80. The van der Waals surface area contributed by atoms with Gasteiger partial charge in [0.15, 0.2) is 0 Å². The molecule has 138 valence electrons. The van der Waals surface area contributed by atoms with Gasteiger partial charge in [-0.15, -0.1) is 0 Å². The number of hydrogen-bond donors (Lipinski definition) is 4. The molecule has 0 saturated carbocycles. The lowest BCUT2D eigenvalue weighted by molar-refractivity contribution is 0.430. The Kier molecular flexibility index (Phi) is 4.46. The Bertz CT molecular complexity index is 1290. The van der Waals surface area contributed by atoms with Crippen molar-refractivity contribution in [2.75, 3.05) is 0 Å². The number of nitrogens with one attached hydrogen (secondary N) is 3. The molecule has 2 aromatic heterocycles. The fourth-order valence-electron chi connectivity index (χ4n) is 2.57. The van der Waals surface area contributed by atoms with Crippen LogP contribution in [0.1, 0.15) is 16.7 Å².